The third-order valence-corrected chi connectivity index (χ3v) is 11.7. The standard InChI is InChI=1S/C37H37ClF2N2O4S/c38-31-16-10-25(11-17-31)24-8-14-30(15-9-24)37(39,40)35(36(43)42-22-28-4-3-5-29(28)23-42)41-47(44,45)34-19-13-26-20-33(18-12-27(26)21-34)46-32-6-1-2-7-32/h8-21,28-29,32,35,41H,1-7,22-23H2/t28-,29+,35-/m0/s1. The highest BCUT2D eigenvalue weighted by Crippen LogP contribution is 2.41. The summed E-state index contributed by atoms with van der Waals surface area (Å²) >= 11 is 6.00. The second kappa shape index (κ2) is 12.8. The quantitative estimate of drug-likeness (QED) is 0.194. The summed E-state index contributed by atoms with van der Waals surface area (Å²) in [7, 11) is -4.54. The first-order valence-electron chi connectivity index (χ1n) is 16.3. The van der Waals surface area contributed by atoms with E-state index in [1.165, 1.54) is 41.3 Å². The molecule has 0 radical (unpaired) electrons. The van der Waals surface area contributed by atoms with E-state index in [9.17, 15) is 13.2 Å². The summed E-state index contributed by atoms with van der Waals surface area (Å²) in [6.07, 6.45) is 7.42. The molecular formula is C37H37ClF2N2O4S. The number of rotatable bonds is 9. The Morgan fingerprint density at radius 3 is 2.06 bits per heavy atom. The average Bonchev–Trinajstić information content (AvgIpc) is 3.83. The number of carbonyl (C=O) groups excluding carboxylic acids is 1. The number of halogens is 3. The summed E-state index contributed by atoms with van der Waals surface area (Å²) in [6.45, 7) is 0.711. The first-order valence-corrected chi connectivity index (χ1v) is 18.2. The molecular weight excluding hydrogens is 642 g/mol. The van der Waals surface area contributed by atoms with Gasteiger partial charge in [-0.05, 0) is 109 Å². The van der Waals surface area contributed by atoms with Crippen molar-refractivity contribution in [2.24, 2.45) is 11.8 Å². The topological polar surface area (TPSA) is 75.7 Å². The molecule has 1 aliphatic heterocycles. The number of benzene rings is 4. The van der Waals surface area contributed by atoms with Gasteiger partial charge in [0.1, 0.15) is 5.75 Å². The summed E-state index contributed by atoms with van der Waals surface area (Å²) in [5, 5.41) is 1.94. The molecule has 6 nitrogen and oxygen atoms in total. The Kier molecular flexibility index (Phi) is 8.74. The van der Waals surface area contributed by atoms with Crippen molar-refractivity contribution in [2.75, 3.05) is 13.1 Å². The van der Waals surface area contributed by atoms with Gasteiger partial charge in [0.25, 0.3) is 5.92 Å². The third-order valence-electron chi connectivity index (χ3n) is 10.1. The Hall–Kier alpha value is -3.53. The minimum absolute atomic E-state index is 0.177. The zero-order valence-electron chi connectivity index (χ0n) is 25.9. The number of amides is 1. The van der Waals surface area contributed by atoms with Crippen molar-refractivity contribution >= 4 is 38.3 Å². The number of likely N-dealkylation sites (tertiary alicyclic amines) is 1. The van der Waals surface area contributed by atoms with Crippen LogP contribution in [0.2, 0.25) is 5.02 Å². The van der Waals surface area contributed by atoms with Gasteiger partial charge in [-0.2, -0.15) is 13.5 Å². The van der Waals surface area contributed by atoms with Crippen LogP contribution in [-0.2, 0) is 20.7 Å². The molecule has 4 aromatic carbocycles. The largest absolute Gasteiger partial charge is 0.490 e. The molecule has 0 aromatic heterocycles. The van der Waals surface area contributed by atoms with Gasteiger partial charge in [0, 0.05) is 23.7 Å². The first kappa shape index (κ1) is 32.0. The third kappa shape index (κ3) is 6.62. The maximum Gasteiger partial charge on any atom is 0.298 e. The fourth-order valence-electron chi connectivity index (χ4n) is 7.44. The molecule has 47 heavy (non-hydrogen) atoms. The van der Waals surface area contributed by atoms with Crippen LogP contribution < -0.4 is 9.46 Å². The number of nitrogens with one attached hydrogen (secondary N) is 1. The van der Waals surface area contributed by atoms with E-state index in [1.54, 1.807) is 42.5 Å². The van der Waals surface area contributed by atoms with Gasteiger partial charge in [-0.3, -0.25) is 4.79 Å². The summed E-state index contributed by atoms with van der Waals surface area (Å²) in [4.78, 5) is 15.1. The first-order chi connectivity index (χ1) is 22.6. The SMILES string of the molecule is O=C([C@H](NS(=O)(=O)c1ccc2cc(OC3CCCC3)ccc2c1)C(F)(F)c1ccc(-c2ccc(Cl)cc2)cc1)N1C[C@H]2CCC[C@H]2C1. The van der Waals surface area contributed by atoms with Crippen LogP contribution in [0.5, 0.6) is 5.75 Å². The van der Waals surface area contributed by atoms with E-state index in [4.69, 9.17) is 16.3 Å². The van der Waals surface area contributed by atoms with Gasteiger partial charge >= 0.3 is 0 Å². The van der Waals surface area contributed by atoms with Crippen LogP contribution in [0.3, 0.4) is 0 Å². The number of fused-ring (bicyclic) bond motifs is 2. The Bertz CT molecular complexity index is 1870. The number of carbonyl (C=O) groups is 1. The smallest absolute Gasteiger partial charge is 0.298 e. The van der Waals surface area contributed by atoms with Crippen molar-refractivity contribution in [1.29, 1.82) is 0 Å². The fraction of sp³-hybridized carbons (Fsp3) is 0.378. The molecule has 0 bridgehead atoms. The molecule has 1 heterocycles. The molecule has 0 unspecified atom stereocenters. The lowest BCUT2D eigenvalue weighted by Crippen LogP contribution is -2.56. The molecule has 1 saturated heterocycles. The zero-order chi connectivity index (χ0) is 32.8. The van der Waals surface area contributed by atoms with Crippen molar-refractivity contribution in [3.8, 4) is 16.9 Å². The minimum Gasteiger partial charge on any atom is -0.490 e. The van der Waals surface area contributed by atoms with Gasteiger partial charge < -0.3 is 9.64 Å². The number of alkyl halides is 2. The predicted molar refractivity (Wildman–Crippen MR) is 179 cm³/mol. The lowest BCUT2D eigenvalue weighted by atomic mass is 9.97. The normalized spacial score (nSPS) is 20.9. The Morgan fingerprint density at radius 1 is 0.809 bits per heavy atom. The van der Waals surface area contributed by atoms with Gasteiger partial charge in [0.15, 0.2) is 6.04 Å². The van der Waals surface area contributed by atoms with Crippen LogP contribution in [0.1, 0.15) is 50.5 Å². The van der Waals surface area contributed by atoms with E-state index < -0.39 is 33.5 Å². The summed E-state index contributed by atoms with van der Waals surface area (Å²) in [5.74, 6) is -3.54. The van der Waals surface area contributed by atoms with Crippen molar-refractivity contribution in [2.45, 2.75) is 67.9 Å². The molecule has 3 fully saturated rings. The van der Waals surface area contributed by atoms with E-state index in [1.807, 2.05) is 6.07 Å². The summed E-state index contributed by atoms with van der Waals surface area (Å²) in [6, 6.07) is 20.1. The lowest BCUT2D eigenvalue weighted by molar-refractivity contribution is -0.143. The molecule has 10 heteroatoms. The van der Waals surface area contributed by atoms with Crippen molar-refractivity contribution in [1.82, 2.24) is 9.62 Å². The highest BCUT2D eigenvalue weighted by molar-refractivity contribution is 7.89. The van der Waals surface area contributed by atoms with Crippen LogP contribution in [0.15, 0.2) is 89.8 Å². The highest BCUT2D eigenvalue weighted by atomic mass is 35.5. The number of nitrogens with zero attached hydrogens (tertiary/aromatic N) is 1. The van der Waals surface area contributed by atoms with Crippen LogP contribution in [0.4, 0.5) is 8.78 Å². The second-order valence-corrected chi connectivity index (χ2v) is 15.3. The number of ether oxygens (including phenoxy) is 1. The molecule has 2 aliphatic carbocycles. The number of hydrogen-bond donors (Lipinski definition) is 1. The zero-order valence-corrected chi connectivity index (χ0v) is 27.5. The van der Waals surface area contributed by atoms with Crippen molar-refractivity contribution in [3.05, 3.63) is 95.5 Å². The summed E-state index contributed by atoms with van der Waals surface area (Å²) < 4.78 is 68.8. The molecule has 7 rings (SSSR count). The van der Waals surface area contributed by atoms with Gasteiger partial charge in [0.05, 0.1) is 11.0 Å². The highest BCUT2D eigenvalue weighted by Gasteiger charge is 2.51. The molecule has 1 amide bonds. The van der Waals surface area contributed by atoms with Gasteiger partial charge in [-0.25, -0.2) is 8.42 Å². The van der Waals surface area contributed by atoms with Crippen LogP contribution in [0.25, 0.3) is 21.9 Å². The summed E-state index contributed by atoms with van der Waals surface area (Å²) in [5.41, 5.74) is 1.02. The average molecular weight is 679 g/mol. The van der Waals surface area contributed by atoms with E-state index >= 15 is 8.78 Å². The van der Waals surface area contributed by atoms with E-state index in [0.717, 1.165) is 55.9 Å². The van der Waals surface area contributed by atoms with Crippen molar-refractivity contribution < 1.29 is 26.7 Å². The fourth-order valence-corrected chi connectivity index (χ4v) is 8.79. The van der Waals surface area contributed by atoms with Crippen molar-refractivity contribution in [3.63, 3.8) is 0 Å². The van der Waals surface area contributed by atoms with Gasteiger partial charge in [-0.15, -0.1) is 0 Å². The maximum atomic E-state index is 16.5. The van der Waals surface area contributed by atoms with Crippen LogP contribution in [0, 0.1) is 11.8 Å². The molecule has 4 aromatic rings. The van der Waals surface area contributed by atoms with Gasteiger partial charge in [-0.1, -0.05) is 66.6 Å². The minimum atomic E-state index is -4.54. The van der Waals surface area contributed by atoms with E-state index in [-0.39, 0.29) is 22.8 Å². The second-order valence-electron chi connectivity index (χ2n) is 13.2. The molecule has 3 aliphatic rings. The van der Waals surface area contributed by atoms with E-state index in [2.05, 4.69) is 4.72 Å². The van der Waals surface area contributed by atoms with Crippen LogP contribution >= 0.6 is 11.6 Å². The molecule has 3 atom stereocenters. The lowest BCUT2D eigenvalue weighted by Gasteiger charge is -2.31. The predicted octanol–water partition coefficient (Wildman–Crippen LogP) is 8.18. The molecule has 246 valence electrons. The number of hydrogen-bond acceptors (Lipinski definition) is 4. The molecule has 0 spiro atoms. The Labute approximate surface area is 279 Å². The van der Waals surface area contributed by atoms with E-state index in [0.29, 0.717) is 34.8 Å². The Balaban J connectivity index is 1.17. The molecule has 1 N–H and O–H groups in total. The monoisotopic (exact) mass is 678 g/mol. The Morgan fingerprint density at radius 2 is 1.40 bits per heavy atom. The molecule has 2 saturated carbocycles. The van der Waals surface area contributed by atoms with Crippen LogP contribution in [-0.4, -0.2) is 44.5 Å². The van der Waals surface area contributed by atoms with Gasteiger partial charge in [0.2, 0.25) is 15.9 Å². The maximum absolute atomic E-state index is 16.5. The number of sulfonamides is 1.